The van der Waals surface area contributed by atoms with E-state index >= 15 is 0 Å². The number of rotatable bonds is 8. The Labute approximate surface area is 129 Å². The molecular weight excluding hydrogens is 264 g/mol. The molecule has 0 radical (unpaired) electrons. The molecule has 122 valence electrons. The van der Waals surface area contributed by atoms with Crippen molar-refractivity contribution in [2.75, 3.05) is 6.54 Å². The van der Waals surface area contributed by atoms with Gasteiger partial charge in [0.25, 0.3) is 0 Å². The number of carboxylic acid groups (broad SMARTS) is 1. The summed E-state index contributed by atoms with van der Waals surface area (Å²) in [5.41, 5.74) is -0.705. The van der Waals surface area contributed by atoms with Gasteiger partial charge in [-0.15, -0.1) is 0 Å². The Bertz CT molecular complexity index is 347. The third-order valence-corrected chi connectivity index (χ3v) is 5.47. The lowest BCUT2D eigenvalue weighted by molar-refractivity contribution is -0.145. The Morgan fingerprint density at radius 1 is 1.24 bits per heavy atom. The predicted molar refractivity (Wildman–Crippen MR) is 85.5 cm³/mol. The molecule has 2 rings (SSSR count). The summed E-state index contributed by atoms with van der Waals surface area (Å²) in [6.07, 6.45) is 8.54. The number of piperidine rings is 1. The average Bonchev–Trinajstić information content (AvgIpc) is 3.24. The summed E-state index contributed by atoms with van der Waals surface area (Å²) >= 11 is 0. The van der Waals surface area contributed by atoms with Crippen LogP contribution in [0.3, 0.4) is 0 Å². The second-order valence-corrected chi connectivity index (χ2v) is 7.13. The normalized spacial score (nSPS) is 30.0. The highest BCUT2D eigenvalue weighted by Gasteiger charge is 2.40. The number of carboxylic acids is 1. The monoisotopic (exact) mass is 296 g/mol. The topological polar surface area (TPSA) is 52.6 Å². The molecule has 3 unspecified atom stereocenters. The summed E-state index contributed by atoms with van der Waals surface area (Å²) in [6.45, 7) is 7.64. The van der Waals surface area contributed by atoms with Crippen molar-refractivity contribution in [3.63, 3.8) is 0 Å². The SMILES string of the molecule is CCC(CCCN1C(C)CCCC1C)(NC1CC1)C(=O)O. The van der Waals surface area contributed by atoms with Gasteiger partial charge in [-0.1, -0.05) is 13.3 Å². The van der Waals surface area contributed by atoms with Gasteiger partial charge in [0.1, 0.15) is 5.54 Å². The molecule has 0 aromatic carbocycles. The third kappa shape index (κ3) is 4.19. The molecule has 1 heterocycles. The van der Waals surface area contributed by atoms with Crippen LogP contribution in [0.25, 0.3) is 0 Å². The van der Waals surface area contributed by atoms with E-state index in [1.807, 2.05) is 6.92 Å². The molecule has 1 aliphatic carbocycles. The van der Waals surface area contributed by atoms with Gasteiger partial charge in [0.05, 0.1) is 0 Å². The largest absolute Gasteiger partial charge is 0.480 e. The number of likely N-dealkylation sites (tertiary alicyclic amines) is 1. The smallest absolute Gasteiger partial charge is 0.323 e. The summed E-state index contributed by atoms with van der Waals surface area (Å²) in [5, 5.41) is 13.1. The first kappa shape index (κ1) is 16.8. The summed E-state index contributed by atoms with van der Waals surface area (Å²) in [6, 6.07) is 1.73. The molecule has 1 saturated carbocycles. The van der Waals surface area contributed by atoms with E-state index in [0.717, 1.165) is 32.2 Å². The Hall–Kier alpha value is -0.610. The first-order valence-corrected chi connectivity index (χ1v) is 8.75. The van der Waals surface area contributed by atoms with Crippen molar-refractivity contribution in [1.82, 2.24) is 10.2 Å². The minimum absolute atomic E-state index is 0.439. The number of carbonyl (C=O) groups is 1. The first-order chi connectivity index (χ1) is 9.98. The highest BCUT2D eigenvalue weighted by molar-refractivity contribution is 5.78. The maximum Gasteiger partial charge on any atom is 0.323 e. The van der Waals surface area contributed by atoms with Gasteiger partial charge in [0.15, 0.2) is 0 Å². The fraction of sp³-hybridized carbons (Fsp3) is 0.941. The highest BCUT2D eigenvalue weighted by atomic mass is 16.4. The number of hydrogen-bond acceptors (Lipinski definition) is 3. The summed E-state index contributed by atoms with van der Waals surface area (Å²) < 4.78 is 0. The van der Waals surface area contributed by atoms with Crippen LogP contribution in [-0.2, 0) is 4.79 Å². The molecule has 0 amide bonds. The predicted octanol–water partition coefficient (Wildman–Crippen LogP) is 3.01. The minimum Gasteiger partial charge on any atom is -0.480 e. The molecular formula is C17H32N2O2. The molecule has 21 heavy (non-hydrogen) atoms. The molecule has 0 spiro atoms. The van der Waals surface area contributed by atoms with Gasteiger partial charge in [0.2, 0.25) is 0 Å². The van der Waals surface area contributed by atoms with Crippen LogP contribution in [0.1, 0.15) is 72.1 Å². The van der Waals surface area contributed by atoms with Crippen molar-refractivity contribution >= 4 is 5.97 Å². The van der Waals surface area contributed by atoms with Crippen molar-refractivity contribution in [2.45, 2.75) is 95.8 Å². The lowest BCUT2D eigenvalue weighted by Gasteiger charge is -2.40. The lowest BCUT2D eigenvalue weighted by Crippen LogP contribution is -2.53. The van der Waals surface area contributed by atoms with Crippen LogP contribution in [-0.4, -0.2) is 46.2 Å². The van der Waals surface area contributed by atoms with Crippen LogP contribution >= 0.6 is 0 Å². The standard InChI is InChI=1S/C17H32N2O2/c1-4-17(16(20)21,18-15-9-10-15)11-6-12-19-13(2)7-5-8-14(19)3/h13-15,18H,4-12H2,1-3H3,(H,20,21). The second-order valence-electron chi connectivity index (χ2n) is 7.13. The number of nitrogens with zero attached hydrogens (tertiary/aromatic N) is 1. The maximum absolute atomic E-state index is 11.8. The van der Waals surface area contributed by atoms with Crippen molar-refractivity contribution in [3.8, 4) is 0 Å². The molecule has 2 aliphatic rings. The van der Waals surface area contributed by atoms with Crippen molar-refractivity contribution in [1.29, 1.82) is 0 Å². The van der Waals surface area contributed by atoms with Gasteiger partial charge in [-0.05, 0) is 65.3 Å². The van der Waals surface area contributed by atoms with Crippen LogP contribution in [0.5, 0.6) is 0 Å². The average molecular weight is 296 g/mol. The van der Waals surface area contributed by atoms with E-state index in [4.69, 9.17) is 0 Å². The zero-order valence-electron chi connectivity index (χ0n) is 13.9. The van der Waals surface area contributed by atoms with Crippen LogP contribution in [0.4, 0.5) is 0 Å². The highest BCUT2D eigenvalue weighted by Crippen LogP contribution is 2.28. The Kier molecular flexibility index (Phi) is 5.67. The number of nitrogens with one attached hydrogen (secondary N) is 1. The van der Waals surface area contributed by atoms with Gasteiger partial charge in [0, 0.05) is 18.1 Å². The van der Waals surface area contributed by atoms with Gasteiger partial charge >= 0.3 is 5.97 Å². The molecule has 0 aromatic rings. The minimum atomic E-state index is -0.705. The van der Waals surface area contributed by atoms with Crippen LogP contribution in [0.15, 0.2) is 0 Å². The molecule has 1 saturated heterocycles. The zero-order valence-corrected chi connectivity index (χ0v) is 13.9. The van der Waals surface area contributed by atoms with Crippen molar-refractivity contribution < 1.29 is 9.90 Å². The summed E-state index contributed by atoms with van der Waals surface area (Å²) in [4.78, 5) is 14.3. The van der Waals surface area contributed by atoms with E-state index < -0.39 is 11.5 Å². The van der Waals surface area contributed by atoms with Crippen LogP contribution in [0, 0.1) is 0 Å². The molecule has 0 aromatic heterocycles. The Balaban J connectivity index is 1.87. The van der Waals surface area contributed by atoms with Gasteiger partial charge in [-0.3, -0.25) is 15.0 Å². The summed E-state index contributed by atoms with van der Waals surface area (Å²) in [5.74, 6) is -0.670. The van der Waals surface area contributed by atoms with Gasteiger partial charge < -0.3 is 5.11 Å². The van der Waals surface area contributed by atoms with E-state index in [0.29, 0.717) is 24.5 Å². The Morgan fingerprint density at radius 3 is 2.33 bits per heavy atom. The van der Waals surface area contributed by atoms with E-state index in [-0.39, 0.29) is 0 Å². The van der Waals surface area contributed by atoms with E-state index in [9.17, 15) is 9.90 Å². The Morgan fingerprint density at radius 2 is 1.86 bits per heavy atom. The molecule has 2 fully saturated rings. The van der Waals surface area contributed by atoms with Crippen LogP contribution < -0.4 is 5.32 Å². The molecule has 3 atom stereocenters. The number of aliphatic carboxylic acids is 1. The second kappa shape index (κ2) is 7.10. The summed E-state index contributed by atoms with van der Waals surface area (Å²) in [7, 11) is 0. The third-order valence-electron chi connectivity index (χ3n) is 5.47. The molecule has 4 heteroatoms. The maximum atomic E-state index is 11.8. The molecule has 4 nitrogen and oxygen atoms in total. The lowest BCUT2D eigenvalue weighted by atomic mass is 9.89. The first-order valence-electron chi connectivity index (χ1n) is 8.75. The molecule has 0 bridgehead atoms. The van der Waals surface area contributed by atoms with E-state index in [1.54, 1.807) is 0 Å². The molecule has 1 aliphatic heterocycles. The number of hydrogen-bond donors (Lipinski definition) is 2. The van der Waals surface area contributed by atoms with E-state index in [1.165, 1.54) is 19.3 Å². The fourth-order valence-electron chi connectivity index (χ4n) is 3.77. The van der Waals surface area contributed by atoms with Crippen molar-refractivity contribution in [2.24, 2.45) is 0 Å². The van der Waals surface area contributed by atoms with Gasteiger partial charge in [-0.25, -0.2) is 0 Å². The quantitative estimate of drug-likeness (QED) is 0.723. The zero-order chi connectivity index (χ0) is 15.5. The molecule has 2 N–H and O–H groups in total. The van der Waals surface area contributed by atoms with Crippen LogP contribution in [0.2, 0.25) is 0 Å². The fourth-order valence-corrected chi connectivity index (χ4v) is 3.77. The van der Waals surface area contributed by atoms with Crippen molar-refractivity contribution in [3.05, 3.63) is 0 Å². The van der Waals surface area contributed by atoms with Gasteiger partial charge in [-0.2, -0.15) is 0 Å². The van der Waals surface area contributed by atoms with E-state index in [2.05, 4.69) is 24.1 Å².